The molecule has 0 saturated carbocycles. The summed E-state index contributed by atoms with van der Waals surface area (Å²) in [6.45, 7) is 3.51. The summed E-state index contributed by atoms with van der Waals surface area (Å²) in [7, 11) is 0. The summed E-state index contributed by atoms with van der Waals surface area (Å²) in [4.78, 5) is 23.1. The van der Waals surface area contributed by atoms with Crippen molar-refractivity contribution in [3.05, 3.63) is 35.4 Å². The molecule has 1 aromatic rings. The third kappa shape index (κ3) is 3.56. The third-order valence-electron chi connectivity index (χ3n) is 2.96. The second kappa shape index (κ2) is 6.35. The number of hydrogen-bond donors (Lipinski definition) is 0. The van der Waals surface area contributed by atoms with Crippen LogP contribution in [0.4, 0.5) is 0 Å². The molecular formula is C14H16Cl2O2. The van der Waals surface area contributed by atoms with Gasteiger partial charge in [0.05, 0.1) is 5.41 Å². The Labute approximate surface area is 117 Å². The Morgan fingerprint density at radius 3 is 2.17 bits per heavy atom. The zero-order valence-corrected chi connectivity index (χ0v) is 12.0. The van der Waals surface area contributed by atoms with Crippen LogP contribution in [-0.4, -0.2) is 16.9 Å². The molecule has 0 heterocycles. The monoisotopic (exact) mass is 286 g/mol. The van der Waals surface area contributed by atoms with Crippen molar-refractivity contribution in [1.29, 1.82) is 0 Å². The largest absolute Gasteiger partial charge is 0.294 e. The predicted molar refractivity (Wildman–Crippen MR) is 74.6 cm³/mol. The summed E-state index contributed by atoms with van der Waals surface area (Å²) in [5, 5.41) is -0.413. The van der Waals surface area contributed by atoms with Crippen molar-refractivity contribution in [2.24, 2.45) is 0 Å². The number of carbonyl (C=O) groups excluding carboxylic acids is 2. The van der Waals surface area contributed by atoms with Gasteiger partial charge in [-0.1, -0.05) is 24.3 Å². The van der Waals surface area contributed by atoms with Gasteiger partial charge in [0.15, 0.2) is 5.78 Å². The lowest BCUT2D eigenvalue weighted by atomic mass is 9.85. The highest BCUT2D eigenvalue weighted by molar-refractivity contribution is 6.65. The molecule has 0 amide bonds. The Balaban J connectivity index is 2.86. The topological polar surface area (TPSA) is 34.1 Å². The fraction of sp³-hybridized carbons (Fsp3) is 0.429. The summed E-state index contributed by atoms with van der Waals surface area (Å²) in [5.74, 6) is 0.551. The first-order valence-electron chi connectivity index (χ1n) is 5.79. The molecule has 0 aliphatic rings. The number of halogens is 2. The predicted octanol–water partition coefficient (Wildman–Crippen LogP) is 3.93. The van der Waals surface area contributed by atoms with Crippen LogP contribution in [-0.2, 0) is 10.2 Å². The van der Waals surface area contributed by atoms with Crippen LogP contribution in [0.15, 0.2) is 24.3 Å². The summed E-state index contributed by atoms with van der Waals surface area (Å²) in [5.41, 5.74) is 0.706. The molecule has 0 spiro atoms. The minimum atomic E-state index is -0.737. The maximum Gasteiger partial charge on any atom is 0.231 e. The second-order valence-electron chi connectivity index (χ2n) is 4.69. The zero-order chi connectivity index (χ0) is 13.8. The van der Waals surface area contributed by atoms with Crippen LogP contribution in [0.1, 0.15) is 42.6 Å². The quantitative estimate of drug-likeness (QED) is 0.451. The summed E-state index contributed by atoms with van der Waals surface area (Å²) < 4.78 is 0. The van der Waals surface area contributed by atoms with E-state index in [0.29, 0.717) is 24.3 Å². The number of ketones is 1. The fourth-order valence-corrected chi connectivity index (χ4v) is 1.80. The average molecular weight is 287 g/mol. The van der Waals surface area contributed by atoms with Gasteiger partial charge in [0, 0.05) is 17.9 Å². The van der Waals surface area contributed by atoms with E-state index >= 15 is 0 Å². The van der Waals surface area contributed by atoms with E-state index in [1.165, 1.54) is 0 Å². The molecule has 0 fully saturated rings. The molecule has 0 saturated heterocycles. The van der Waals surface area contributed by atoms with Gasteiger partial charge in [-0.2, -0.15) is 0 Å². The lowest BCUT2D eigenvalue weighted by molar-refractivity contribution is -0.115. The van der Waals surface area contributed by atoms with Crippen LogP contribution < -0.4 is 0 Å². The molecule has 1 aromatic carbocycles. The maximum absolute atomic E-state index is 11.7. The van der Waals surface area contributed by atoms with Gasteiger partial charge in [-0.15, -0.1) is 11.6 Å². The van der Waals surface area contributed by atoms with Crippen molar-refractivity contribution in [3.8, 4) is 0 Å². The van der Waals surface area contributed by atoms with E-state index in [1.807, 2.05) is 0 Å². The molecule has 0 aliphatic heterocycles. The van der Waals surface area contributed by atoms with Gasteiger partial charge in [0.25, 0.3) is 0 Å². The van der Waals surface area contributed by atoms with E-state index in [4.69, 9.17) is 23.2 Å². The number of hydrogen-bond acceptors (Lipinski definition) is 2. The normalized spacial score (nSPS) is 11.3. The van der Waals surface area contributed by atoms with Gasteiger partial charge in [0.2, 0.25) is 5.24 Å². The van der Waals surface area contributed by atoms with Crippen LogP contribution in [0.2, 0.25) is 0 Å². The lowest BCUT2D eigenvalue weighted by Crippen LogP contribution is -2.24. The summed E-state index contributed by atoms with van der Waals surface area (Å²) >= 11 is 11.1. The Kier molecular flexibility index (Phi) is 5.36. The molecule has 4 heteroatoms. The molecule has 0 radical (unpaired) electrons. The van der Waals surface area contributed by atoms with Gasteiger partial charge in [0.1, 0.15) is 0 Å². The van der Waals surface area contributed by atoms with Crippen LogP contribution in [0.25, 0.3) is 0 Å². The molecule has 0 atom stereocenters. The highest BCUT2D eigenvalue weighted by Crippen LogP contribution is 2.26. The number of alkyl halides is 1. The van der Waals surface area contributed by atoms with E-state index in [-0.39, 0.29) is 5.78 Å². The SMILES string of the molecule is CC(C)(C(=O)Cl)c1ccc(C(=O)CCCCl)cc1. The van der Waals surface area contributed by atoms with Crippen LogP contribution >= 0.6 is 23.2 Å². The zero-order valence-electron chi connectivity index (χ0n) is 10.5. The van der Waals surface area contributed by atoms with Gasteiger partial charge in [-0.25, -0.2) is 0 Å². The van der Waals surface area contributed by atoms with Crippen LogP contribution in [0.5, 0.6) is 0 Å². The van der Waals surface area contributed by atoms with Crippen molar-refractivity contribution in [2.75, 3.05) is 5.88 Å². The molecule has 0 unspecified atom stereocenters. The Bertz CT molecular complexity index is 436. The van der Waals surface area contributed by atoms with Crippen LogP contribution in [0.3, 0.4) is 0 Å². The molecule has 0 aliphatic carbocycles. The van der Waals surface area contributed by atoms with Crippen molar-refractivity contribution in [1.82, 2.24) is 0 Å². The molecule has 0 bridgehead atoms. The number of rotatable bonds is 6. The van der Waals surface area contributed by atoms with Crippen molar-refractivity contribution in [3.63, 3.8) is 0 Å². The van der Waals surface area contributed by atoms with Crippen molar-refractivity contribution in [2.45, 2.75) is 32.1 Å². The van der Waals surface area contributed by atoms with Crippen molar-refractivity contribution < 1.29 is 9.59 Å². The summed E-state index contributed by atoms with van der Waals surface area (Å²) in [6, 6.07) is 7.00. The van der Waals surface area contributed by atoms with E-state index in [2.05, 4.69) is 0 Å². The molecular weight excluding hydrogens is 271 g/mol. The summed E-state index contributed by atoms with van der Waals surface area (Å²) in [6.07, 6.45) is 1.12. The molecule has 98 valence electrons. The maximum atomic E-state index is 11.7. The van der Waals surface area contributed by atoms with Crippen LogP contribution in [0, 0.1) is 0 Å². The van der Waals surface area contributed by atoms with Gasteiger partial charge in [-0.3, -0.25) is 9.59 Å². The number of carbonyl (C=O) groups is 2. The minimum Gasteiger partial charge on any atom is -0.294 e. The molecule has 18 heavy (non-hydrogen) atoms. The fourth-order valence-electron chi connectivity index (χ4n) is 1.56. The van der Waals surface area contributed by atoms with Gasteiger partial charge in [-0.05, 0) is 37.4 Å². The average Bonchev–Trinajstić information content (AvgIpc) is 2.35. The first-order valence-corrected chi connectivity index (χ1v) is 6.70. The standard InChI is InChI=1S/C14H16Cl2O2/c1-14(2,13(16)18)11-7-5-10(6-8-11)12(17)4-3-9-15/h5-8H,3-4,9H2,1-2H3. The highest BCUT2D eigenvalue weighted by Gasteiger charge is 2.27. The molecule has 0 N–H and O–H groups in total. The number of Topliss-reactive ketones (excluding diaryl/α,β-unsaturated/α-hetero) is 1. The van der Waals surface area contributed by atoms with Gasteiger partial charge >= 0.3 is 0 Å². The highest BCUT2D eigenvalue weighted by atomic mass is 35.5. The van der Waals surface area contributed by atoms with Gasteiger partial charge < -0.3 is 0 Å². The second-order valence-corrected chi connectivity index (χ2v) is 5.41. The Morgan fingerprint density at radius 1 is 1.17 bits per heavy atom. The van der Waals surface area contributed by atoms with Crippen molar-refractivity contribution >= 4 is 34.2 Å². The Morgan fingerprint density at radius 2 is 1.72 bits per heavy atom. The molecule has 2 nitrogen and oxygen atoms in total. The smallest absolute Gasteiger partial charge is 0.231 e. The first kappa shape index (κ1) is 15.2. The van der Waals surface area contributed by atoms with E-state index in [9.17, 15) is 9.59 Å². The van der Waals surface area contributed by atoms with E-state index in [1.54, 1.807) is 38.1 Å². The third-order valence-corrected chi connectivity index (χ3v) is 3.70. The number of benzene rings is 1. The Hall–Kier alpha value is -0.860. The molecule has 0 aromatic heterocycles. The minimum absolute atomic E-state index is 0.0669. The van der Waals surface area contributed by atoms with E-state index < -0.39 is 10.7 Å². The first-order chi connectivity index (χ1) is 8.39. The molecule has 1 rings (SSSR count). The van der Waals surface area contributed by atoms with E-state index in [0.717, 1.165) is 5.56 Å². The lowest BCUT2D eigenvalue weighted by Gasteiger charge is -2.20.